The summed E-state index contributed by atoms with van der Waals surface area (Å²) in [5.74, 6) is 0.335. The number of rotatable bonds is 5. The molecule has 0 unspecified atom stereocenters. The number of benzene rings is 1. The van der Waals surface area contributed by atoms with Crippen molar-refractivity contribution in [2.45, 2.75) is 31.7 Å². The Balaban J connectivity index is 1.56. The van der Waals surface area contributed by atoms with Crippen molar-refractivity contribution in [1.82, 2.24) is 9.80 Å². The monoisotopic (exact) mass is 316 g/mol. The first-order valence-corrected chi connectivity index (χ1v) is 8.81. The highest BCUT2D eigenvalue weighted by atomic mass is 16.5. The van der Waals surface area contributed by atoms with Crippen molar-refractivity contribution in [3.8, 4) is 0 Å². The zero-order valence-corrected chi connectivity index (χ0v) is 14.2. The third kappa shape index (κ3) is 3.82. The molecule has 2 heterocycles. The van der Waals surface area contributed by atoms with Crippen LogP contribution in [0.3, 0.4) is 0 Å². The largest absolute Gasteiger partial charge is 0.379 e. The SMILES string of the molecule is CC(=O)C1(N2CCOCC2)CCN(CCc2ccccc2)CC1. The molecule has 4 nitrogen and oxygen atoms in total. The average Bonchev–Trinajstić information content (AvgIpc) is 2.62. The Labute approximate surface area is 139 Å². The Hall–Kier alpha value is -1.23. The lowest BCUT2D eigenvalue weighted by molar-refractivity contribution is -0.137. The number of carbonyl (C=O) groups is 1. The molecule has 3 rings (SSSR count). The zero-order chi connectivity index (χ0) is 16.1. The topological polar surface area (TPSA) is 32.8 Å². The second kappa shape index (κ2) is 7.56. The summed E-state index contributed by atoms with van der Waals surface area (Å²) in [4.78, 5) is 17.3. The molecule has 23 heavy (non-hydrogen) atoms. The standard InChI is InChI=1S/C19H28N2O2/c1-17(22)19(21-13-15-23-16-14-21)8-11-20(12-9-19)10-7-18-5-3-2-4-6-18/h2-6H,7-16H2,1H3. The first-order chi connectivity index (χ1) is 11.2. The van der Waals surface area contributed by atoms with Gasteiger partial charge in [-0.25, -0.2) is 0 Å². The number of likely N-dealkylation sites (tertiary alicyclic amines) is 1. The number of Topliss-reactive ketones (excluding diaryl/α,β-unsaturated/α-hetero) is 1. The van der Waals surface area contributed by atoms with Crippen LogP contribution < -0.4 is 0 Å². The zero-order valence-electron chi connectivity index (χ0n) is 14.2. The Kier molecular flexibility index (Phi) is 5.46. The summed E-state index contributed by atoms with van der Waals surface area (Å²) >= 11 is 0. The van der Waals surface area contributed by atoms with E-state index in [0.717, 1.165) is 65.2 Å². The minimum absolute atomic E-state index is 0.243. The van der Waals surface area contributed by atoms with Crippen LogP contribution >= 0.6 is 0 Å². The van der Waals surface area contributed by atoms with E-state index in [1.807, 2.05) is 0 Å². The number of piperidine rings is 1. The summed E-state index contributed by atoms with van der Waals surface area (Å²) in [6, 6.07) is 10.7. The van der Waals surface area contributed by atoms with E-state index in [-0.39, 0.29) is 5.54 Å². The van der Waals surface area contributed by atoms with Crippen LogP contribution in [0.15, 0.2) is 30.3 Å². The van der Waals surface area contributed by atoms with Gasteiger partial charge in [-0.05, 0) is 31.7 Å². The van der Waals surface area contributed by atoms with Crippen LogP contribution in [0, 0.1) is 0 Å². The summed E-state index contributed by atoms with van der Waals surface area (Å²) in [6.07, 6.45) is 3.00. The minimum Gasteiger partial charge on any atom is -0.379 e. The third-order valence-electron chi connectivity index (χ3n) is 5.51. The van der Waals surface area contributed by atoms with E-state index >= 15 is 0 Å². The lowest BCUT2D eigenvalue weighted by Gasteiger charge is -2.48. The molecule has 2 fully saturated rings. The number of ether oxygens (including phenoxy) is 1. The lowest BCUT2D eigenvalue weighted by atomic mass is 9.81. The lowest BCUT2D eigenvalue weighted by Crippen LogP contribution is -2.62. The number of hydrogen-bond acceptors (Lipinski definition) is 4. The van der Waals surface area contributed by atoms with E-state index in [1.165, 1.54) is 5.56 Å². The summed E-state index contributed by atoms with van der Waals surface area (Å²) in [7, 11) is 0. The normalized spacial score (nSPS) is 22.8. The maximum Gasteiger partial charge on any atom is 0.150 e. The number of morpholine rings is 1. The van der Waals surface area contributed by atoms with Gasteiger partial charge >= 0.3 is 0 Å². The average molecular weight is 316 g/mol. The van der Waals surface area contributed by atoms with Gasteiger partial charge in [-0.15, -0.1) is 0 Å². The quantitative estimate of drug-likeness (QED) is 0.832. The maximum absolute atomic E-state index is 12.4. The van der Waals surface area contributed by atoms with Crippen LogP contribution in [0.1, 0.15) is 25.3 Å². The number of ketones is 1. The van der Waals surface area contributed by atoms with Crippen LogP contribution in [-0.2, 0) is 16.0 Å². The molecule has 0 bridgehead atoms. The minimum atomic E-state index is -0.243. The molecule has 0 atom stereocenters. The molecule has 2 saturated heterocycles. The van der Waals surface area contributed by atoms with Gasteiger partial charge in [-0.2, -0.15) is 0 Å². The van der Waals surface area contributed by atoms with Crippen molar-refractivity contribution < 1.29 is 9.53 Å². The third-order valence-corrected chi connectivity index (χ3v) is 5.51. The van der Waals surface area contributed by atoms with Crippen molar-refractivity contribution in [2.75, 3.05) is 45.9 Å². The van der Waals surface area contributed by atoms with Crippen molar-refractivity contribution in [2.24, 2.45) is 0 Å². The van der Waals surface area contributed by atoms with Gasteiger partial charge in [0.2, 0.25) is 0 Å². The molecule has 0 aliphatic carbocycles. The predicted molar refractivity (Wildman–Crippen MR) is 91.6 cm³/mol. The molecular formula is C19H28N2O2. The van der Waals surface area contributed by atoms with Gasteiger partial charge in [0.25, 0.3) is 0 Å². The highest BCUT2D eigenvalue weighted by molar-refractivity contribution is 5.86. The molecule has 0 spiro atoms. The molecule has 1 aromatic rings. The molecule has 4 heteroatoms. The molecule has 2 aliphatic heterocycles. The van der Waals surface area contributed by atoms with Gasteiger partial charge in [-0.1, -0.05) is 30.3 Å². The second-order valence-corrected chi connectivity index (χ2v) is 6.76. The molecule has 0 aromatic heterocycles. The Bertz CT molecular complexity index is 503. The van der Waals surface area contributed by atoms with E-state index in [9.17, 15) is 4.79 Å². The Morgan fingerprint density at radius 3 is 2.35 bits per heavy atom. The second-order valence-electron chi connectivity index (χ2n) is 6.76. The van der Waals surface area contributed by atoms with E-state index in [0.29, 0.717) is 5.78 Å². The summed E-state index contributed by atoms with van der Waals surface area (Å²) < 4.78 is 5.46. The van der Waals surface area contributed by atoms with E-state index < -0.39 is 0 Å². The fourth-order valence-corrected chi connectivity index (χ4v) is 3.96. The molecule has 1 aromatic carbocycles. The number of hydrogen-bond donors (Lipinski definition) is 0. The van der Waals surface area contributed by atoms with Crippen LogP contribution in [0.2, 0.25) is 0 Å². The molecule has 0 saturated carbocycles. The molecular weight excluding hydrogens is 288 g/mol. The van der Waals surface area contributed by atoms with E-state index in [4.69, 9.17) is 4.74 Å². The molecule has 0 amide bonds. The molecule has 126 valence electrons. The highest BCUT2D eigenvalue weighted by Crippen LogP contribution is 2.31. The fourth-order valence-electron chi connectivity index (χ4n) is 3.96. The van der Waals surface area contributed by atoms with Gasteiger partial charge in [0, 0.05) is 32.7 Å². The van der Waals surface area contributed by atoms with Crippen molar-refractivity contribution in [3.05, 3.63) is 35.9 Å². The van der Waals surface area contributed by atoms with Crippen LogP contribution in [0.4, 0.5) is 0 Å². The van der Waals surface area contributed by atoms with Gasteiger partial charge in [0.05, 0.1) is 18.8 Å². The highest BCUT2D eigenvalue weighted by Gasteiger charge is 2.44. The Morgan fingerprint density at radius 1 is 1.09 bits per heavy atom. The molecule has 2 aliphatic rings. The molecule has 0 N–H and O–H groups in total. The van der Waals surface area contributed by atoms with Gasteiger partial charge in [0.15, 0.2) is 0 Å². The van der Waals surface area contributed by atoms with Crippen LogP contribution in [0.25, 0.3) is 0 Å². The van der Waals surface area contributed by atoms with Crippen LogP contribution in [0.5, 0.6) is 0 Å². The van der Waals surface area contributed by atoms with Crippen molar-refractivity contribution in [3.63, 3.8) is 0 Å². The smallest absolute Gasteiger partial charge is 0.150 e. The summed E-state index contributed by atoms with van der Waals surface area (Å²) in [6.45, 7) is 8.19. The first-order valence-electron chi connectivity index (χ1n) is 8.81. The molecule has 0 radical (unpaired) electrons. The Morgan fingerprint density at radius 2 is 1.74 bits per heavy atom. The predicted octanol–water partition coefficient (Wildman–Crippen LogP) is 1.98. The fraction of sp³-hybridized carbons (Fsp3) is 0.632. The van der Waals surface area contributed by atoms with Gasteiger partial charge in [0.1, 0.15) is 5.78 Å². The van der Waals surface area contributed by atoms with Crippen molar-refractivity contribution >= 4 is 5.78 Å². The van der Waals surface area contributed by atoms with Crippen molar-refractivity contribution in [1.29, 1.82) is 0 Å². The number of nitrogens with zero attached hydrogens (tertiary/aromatic N) is 2. The first kappa shape index (κ1) is 16.6. The summed E-state index contributed by atoms with van der Waals surface area (Å²) in [5, 5.41) is 0. The number of carbonyl (C=O) groups excluding carboxylic acids is 1. The van der Waals surface area contributed by atoms with Crippen LogP contribution in [-0.4, -0.2) is 67.1 Å². The maximum atomic E-state index is 12.4. The van der Waals surface area contributed by atoms with E-state index in [2.05, 4.69) is 40.1 Å². The van der Waals surface area contributed by atoms with Gasteiger partial charge in [-0.3, -0.25) is 9.69 Å². The van der Waals surface area contributed by atoms with Gasteiger partial charge < -0.3 is 9.64 Å². The van der Waals surface area contributed by atoms with E-state index in [1.54, 1.807) is 6.92 Å². The summed E-state index contributed by atoms with van der Waals surface area (Å²) in [5.41, 5.74) is 1.15.